The van der Waals surface area contributed by atoms with Crippen LogP contribution in [0.5, 0.6) is 0 Å². The summed E-state index contributed by atoms with van der Waals surface area (Å²) in [6.45, 7) is 7.64. The lowest BCUT2D eigenvalue weighted by atomic mass is 10.1. The first kappa shape index (κ1) is 55.6. The number of esters is 2. The summed E-state index contributed by atoms with van der Waals surface area (Å²) in [6.07, 6.45) is 60.8. The third kappa shape index (κ3) is 46.3. The van der Waals surface area contributed by atoms with Crippen molar-refractivity contribution in [2.45, 2.75) is 245 Å². The summed E-state index contributed by atoms with van der Waals surface area (Å²) in [7, 11) is 0. The largest absolute Gasteiger partial charge is 0.462 e. The van der Waals surface area contributed by atoms with Crippen LogP contribution in [0.2, 0.25) is 0 Å². The van der Waals surface area contributed by atoms with E-state index in [1.165, 1.54) is 116 Å². The number of hydrogen-bond acceptors (Lipinski definition) is 5. The highest BCUT2D eigenvalue weighted by atomic mass is 16.6. The second-order valence-corrected chi connectivity index (χ2v) is 16.3. The molecule has 0 saturated heterocycles. The third-order valence-corrected chi connectivity index (χ3v) is 10.5. The average Bonchev–Trinajstić information content (AvgIpc) is 3.22. The summed E-state index contributed by atoms with van der Waals surface area (Å²) < 4.78 is 17.3. The van der Waals surface area contributed by atoms with E-state index in [4.69, 9.17) is 14.2 Å². The summed E-state index contributed by atoms with van der Waals surface area (Å²) in [6, 6.07) is 0. The second kappa shape index (κ2) is 49.0. The fourth-order valence-corrected chi connectivity index (χ4v) is 6.81. The standard InChI is InChI=1S/C53H94O5/c1-4-7-10-13-16-19-22-25-27-29-31-34-37-40-43-46-52(54)57-50-51(49-56-48-45-42-39-36-33-30-26-23-20-17-14-11-8-5-2)58-53(55)47-44-41-38-35-32-28-24-21-18-15-12-9-6-3/h8,11,17,20-21,24-27,30,51H,4-7,9-10,12-16,18-19,22-23,28-29,31-50H2,1-3H3/b11-8-,20-17-,24-21-,27-25-,30-26-. The number of rotatable bonds is 45. The summed E-state index contributed by atoms with van der Waals surface area (Å²) in [5.41, 5.74) is 0. The molecule has 0 aliphatic carbocycles. The van der Waals surface area contributed by atoms with Crippen LogP contribution in [0.15, 0.2) is 60.8 Å². The molecule has 0 aromatic rings. The zero-order chi connectivity index (χ0) is 42.1. The lowest BCUT2D eigenvalue weighted by Crippen LogP contribution is -2.30. The monoisotopic (exact) mass is 811 g/mol. The van der Waals surface area contributed by atoms with Crippen molar-refractivity contribution in [1.82, 2.24) is 0 Å². The van der Waals surface area contributed by atoms with E-state index in [9.17, 15) is 9.59 Å². The van der Waals surface area contributed by atoms with Gasteiger partial charge in [0.1, 0.15) is 6.61 Å². The van der Waals surface area contributed by atoms with E-state index in [1.54, 1.807) is 0 Å². The molecule has 0 heterocycles. The fourth-order valence-electron chi connectivity index (χ4n) is 6.81. The Morgan fingerprint density at radius 1 is 0.397 bits per heavy atom. The van der Waals surface area contributed by atoms with Crippen molar-refractivity contribution >= 4 is 11.9 Å². The Hall–Kier alpha value is -2.40. The van der Waals surface area contributed by atoms with Crippen molar-refractivity contribution < 1.29 is 23.8 Å². The van der Waals surface area contributed by atoms with Crippen LogP contribution in [0.1, 0.15) is 239 Å². The molecule has 5 heteroatoms. The van der Waals surface area contributed by atoms with E-state index in [0.717, 1.165) is 89.9 Å². The van der Waals surface area contributed by atoms with Gasteiger partial charge in [-0.2, -0.15) is 0 Å². The molecular formula is C53H94O5. The molecule has 5 nitrogen and oxygen atoms in total. The van der Waals surface area contributed by atoms with Crippen LogP contribution in [0.4, 0.5) is 0 Å². The molecule has 0 amide bonds. The molecule has 0 saturated carbocycles. The van der Waals surface area contributed by atoms with E-state index in [-0.39, 0.29) is 25.2 Å². The van der Waals surface area contributed by atoms with Crippen molar-refractivity contribution in [3.05, 3.63) is 60.8 Å². The Morgan fingerprint density at radius 2 is 0.776 bits per heavy atom. The number of ether oxygens (including phenoxy) is 3. The molecule has 1 atom stereocenters. The fraction of sp³-hybridized carbons (Fsp3) is 0.774. The number of unbranched alkanes of at least 4 members (excludes halogenated alkanes) is 24. The summed E-state index contributed by atoms with van der Waals surface area (Å²) in [4.78, 5) is 25.3. The predicted octanol–water partition coefficient (Wildman–Crippen LogP) is 16.6. The molecule has 0 aliphatic rings. The highest BCUT2D eigenvalue weighted by Crippen LogP contribution is 2.13. The van der Waals surface area contributed by atoms with Gasteiger partial charge in [-0.1, -0.05) is 184 Å². The lowest BCUT2D eigenvalue weighted by Gasteiger charge is -2.18. The molecule has 0 spiro atoms. The van der Waals surface area contributed by atoms with E-state index in [1.807, 2.05) is 0 Å². The number of allylic oxidation sites excluding steroid dienone is 10. The second-order valence-electron chi connectivity index (χ2n) is 16.3. The minimum atomic E-state index is -0.554. The Balaban J connectivity index is 4.32. The molecule has 0 aromatic carbocycles. The number of carbonyl (C=O) groups is 2. The first-order chi connectivity index (χ1) is 28.6. The molecule has 0 aromatic heterocycles. The first-order valence-corrected chi connectivity index (χ1v) is 24.8. The van der Waals surface area contributed by atoms with Gasteiger partial charge in [0.25, 0.3) is 0 Å². The summed E-state index contributed by atoms with van der Waals surface area (Å²) in [5.74, 6) is -0.427. The van der Waals surface area contributed by atoms with Crippen LogP contribution < -0.4 is 0 Å². The van der Waals surface area contributed by atoms with Gasteiger partial charge in [-0.25, -0.2) is 0 Å². The zero-order valence-electron chi connectivity index (χ0n) is 38.6. The maximum absolute atomic E-state index is 12.8. The van der Waals surface area contributed by atoms with Gasteiger partial charge < -0.3 is 14.2 Å². The molecule has 0 N–H and O–H groups in total. The predicted molar refractivity (Wildman–Crippen MR) is 251 cm³/mol. The summed E-state index contributed by atoms with van der Waals surface area (Å²) in [5, 5.41) is 0. The quantitative estimate of drug-likeness (QED) is 0.0348. The Morgan fingerprint density at radius 3 is 1.28 bits per heavy atom. The highest BCUT2D eigenvalue weighted by Gasteiger charge is 2.17. The van der Waals surface area contributed by atoms with Crippen molar-refractivity contribution in [2.24, 2.45) is 0 Å². The van der Waals surface area contributed by atoms with Gasteiger partial charge in [0.15, 0.2) is 6.10 Å². The van der Waals surface area contributed by atoms with Gasteiger partial charge in [-0.3, -0.25) is 9.59 Å². The van der Waals surface area contributed by atoms with Crippen molar-refractivity contribution in [3.63, 3.8) is 0 Å². The van der Waals surface area contributed by atoms with Crippen LogP contribution in [0.25, 0.3) is 0 Å². The molecule has 336 valence electrons. The molecule has 0 bridgehead atoms. The third-order valence-electron chi connectivity index (χ3n) is 10.5. The Labute approximate surface area is 360 Å². The van der Waals surface area contributed by atoms with Crippen molar-refractivity contribution in [2.75, 3.05) is 19.8 Å². The zero-order valence-corrected chi connectivity index (χ0v) is 38.6. The molecule has 58 heavy (non-hydrogen) atoms. The number of hydrogen-bond donors (Lipinski definition) is 0. The molecule has 0 rings (SSSR count). The van der Waals surface area contributed by atoms with Gasteiger partial charge in [0.2, 0.25) is 0 Å². The van der Waals surface area contributed by atoms with Crippen LogP contribution in [0, 0.1) is 0 Å². The molecular weight excluding hydrogens is 717 g/mol. The minimum absolute atomic E-state index is 0.0682. The first-order valence-electron chi connectivity index (χ1n) is 24.8. The summed E-state index contributed by atoms with van der Waals surface area (Å²) >= 11 is 0. The Kier molecular flexibility index (Phi) is 46.9. The highest BCUT2D eigenvalue weighted by molar-refractivity contribution is 5.70. The Bertz CT molecular complexity index is 1010. The smallest absolute Gasteiger partial charge is 0.306 e. The van der Waals surface area contributed by atoms with E-state index in [2.05, 4.69) is 81.5 Å². The van der Waals surface area contributed by atoms with Crippen LogP contribution >= 0.6 is 0 Å². The van der Waals surface area contributed by atoms with Gasteiger partial charge in [-0.05, 0) is 103 Å². The molecule has 0 radical (unpaired) electrons. The maximum atomic E-state index is 12.8. The van der Waals surface area contributed by atoms with Crippen molar-refractivity contribution in [3.8, 4) is 0 Å². The van der Waals surface area contributed by atoms with Gasteiger partial charge >= 0.3 is 11.9 Å². The molecule has 0 aliphatic heterocycles. The topological polar surface area (TPSA) is 61.8 Å². The van der Waals surface area contributed by atoms with Gasteiger partial charge in [0, 0.05) is 19.4 Å². The average molecular weight is 811 g/mol. The molecule has 1 unspecified atom stereocenters. The molecule has 0 fully saturated rings. The van der Waals surface area contributed by atoms with E-state index >= 15 is 0 Å². The van der Waals surface area contributed by atoms with E-state index < -0.39 is 6.10 Å². The van der Waals surface area contributed by atoms with Crippen LogP contribution in [-0.2, 0) is 23.8 Å². The normalized spacial score (nSPS) is 12.7. The van der Waals surface area contributed by atoms with Crippen LogP contribution in [-0.4, -0.2) is 37.9 Å². The number of carbonyl (C=O) groups excluding carboxylic acids is 2. The van der Waals surface area contributed by atoms with Gasteiger partial charge in [-0.15, -0.1) is 0 Å². The van der Waals surface area contributed by atoms with Crippen LogP contribution in [0.3, 0.4) is 0 Å². The SMILES string of the molecule is CC/C=C\C/C=C\C/C=C\CCCCCCOCC(COC(=O)CCCCCCC/C=C\CCCCCCCC)OC(=O)CCCCCCC/C=C\CCCCCC. The van der Waals surface area contributed by atoms with E-state index in [0.29, 0.717) is 19.4 Å². The lowest BCUT2D eigenvalue weighted by molar-refractivity contribution is -0.163. The maximum Gasteiger partial charge on any atom is 0.306 e. The van der Waals surface area contributed by atoms with Crippen molar-refractivity contribution in [1.29, 1.82) is 0 Å². The van der Waals surface area contributed by atoms with Gasteiger partial charge in [0.05, 0.1) is 6.61 Å². The minimum Gasteiger partial charge on any atom is -0.462 e.